The van der Waals surface area contributed by atoms with Gasteiger partial charge in [-0.25, -0.2) is 0 Å². The van der Waals surface area contributed by atoms with Crippen LogP contribution in [0.4, 0.5) is 0 Å². The number of ether oxygens (including phenoxy) is 1. The molecule has 0 amide bonds. The second-order valence-corrected chi connectivity index (χ2v) is 4.03. The number of nitriles is 1. The van der Waals surface area contributed by atoms with Crippen LogP contribution >= 0.6 is 11.8 Å². The van der Waals surface area contributed by atoms with Gasteiger partial charge in [-0.3, -0.25) is 10.3 Å². The van der Waals surface area contributed by atoms with Gasteiger partial charge < -0.3 is 4.74 Å². The van der Waals surface area contributed by atoms with E-state index in [1.165, 1.54) is 11.8 Å². The first-order valence-corrected chi connectivity index (χ1v) is 5.87. The molecule has 5 heteroatoms. The summed E-state index contributed by atoms with van der Waals surface area (Å²) < 4.78 is 5.42. The Morgan fingerprint density at radius 2 is 2.50 bits per heavy atom. The molecule has 0 saturated carbocycles. The standard InChI is InChI=1S/C9H15N3OS/c1-7-5-8(3-4-13-7)12-9(14-2)11-6-10/h7-8H,3-5H2,1-2H3,(H,11,12). The second-order valence-electron chi connectivity index (χ2n) is 3.23. The van der Waals surface area contributed by atoms with E-state index in [-0.39, 0.29) is 6.10 Å². The summed E-state index contributed by atoms with van der Waals surface area (Å²) in [5.41, 5.74) is 0. The van der Waals surface area contributed by atoms with Gasteiger partial charge in [-0.15, -0.1) is 0 Å². The maximum atomic E-state index is 8.47. The fraction of sp³-hybridized carbons (Fsp3) is 0.778. The van der Waals surface area contributed by atoms with Crippen LogP contribution in [0.5, 0.6) is 0 Å². The Balaban J connectivity index is 2.51. The Labute approximate surface area is 88.7 Å². The van der Waals surface area contributed by atoms with Crippen molar-refractivity contribution < 1.29 is 4.74 Å². The van der Waals surface area contributed by atoms with Gasteiger partial charge in [0, 0.05) is 6.61 Å². The maximum Gasteiger partial charge on any atom is 0.183 e. The van der Waals surface area contributed by atoms with Gasteiger partial charge in [-0.05, 0) is 26.0 Å². The monoisotopic (exact) mass is 213 g/mol. The minimum absolute atomic E-state index is 0.280. The van der Waals surface area contributed by atoms with Crippen molar-refractivity contribution in [2.75, 3.05) is 12.9 Å². The Bertz CT molecular complexity index is 249. The van der Waals surface area contributed by atoms with Crippen molar-refractivity contribution in [2.45, 2.75) is 31.9 Å². The average Bonchev–Trinajstić information content (AvgIpc) is 2.17. The van der Waals surface area contributed by atoms with Crippen LogP contribution in [0.2, 0.25) is 0 Å². The first-order valence-electron chi connectivity index (χ1n) is 4.64. The molecule has 1 aliphatic rings. The SMILES string of the molecule is CSC(=NC1CCOC(C)C1)NC#N. The van der Waals surface area contributed by atoms with E-state index in [9.17, 15) is 0 Å². The second kappa shape index (κ2) is 5.89. The summed E-state index contributed by atoms with van der Waals surface area (Å²) >= 11 is 1.46. The molecule has 78 valence electrons. The predicted octanol–water partition coefficient (Wildman–Crippen LogP) is 1.34. The summed E-state index contributed by atoms with van der Waals surface area (Å²) in [4.78, 5) is 4.46. The first kappa shape index (κ1) is 11.3. The fourth-order valence-corrected chi connectivity index (χ4v) is 1.84. The highest BCUT2D eigenvalue weighted by Crippen LogP contribution is 2.17. The lowest BCUT2D eigenvalue weighted by molar-refractivity contribution is 0.0204. The summed E-state index contributed by atoms with van der Waals surface area (Å²) in [6, 6.07) is 0.294. The molecule has 0 aliphatic carbocycles. The van der Waals surface area contributed by atoms with E-state index in [0.29, 0.717) is 11.2 Å². The molecular formula is C9H15N3OS. The summed E-state index contributed by atoms with van der Waals surface area (Å²) in [6.07, 6.45) is 5.96. The van der Waals surface area contributed by atoms with Crippen LogP contribution < -0.4 is 5.32 Å². The Morgan fingerprint density at radius 1 is 1.71 bits per heavy atom. The molecule has 2 atom stereocenters. The molecule has 0 spiro atoms. The van der Waals surface area contributed by atoms with Crippen molar-refractivity contribution in [3.8, 4) is 6.19 Å². The van der Waals surface area contributed by atoms with Gasteiger partial charge in [-0.2, -0.15) is 5.26 Å². The van der Waals surface area contributed by atoms with Gasteiger partial charge in [-0.1, -0.05) is 11.8 Å². The lowest BCUT2D eigenvalue weighted by Crippen LogP contribution is -2.27. The molecule has 0 aromatic carbocycles. The highest BCUT2D eigenvalue weighted by Gasteiger charge is 2.18. The molecular weight excluding hydrogens is 198 g/mol. The van der Waals surface area contributed by atoms with E-state index in [0.717, 1.165) is 19.4 Å². The molecule has 0 radical (unpaired) electrons. The van der Waals surface area contributed by atoms with Gasteiger partial charge in [0.05, 0.1) is 12.1 Å². The van der Waals surface area contributed by atoms with E-state index in [1.807, 2.05) is 12.4 Å². The molecule has 1 N–H and O–H groups in total. The van der Waals surface area contributed by atoms with Crippen molar-refractivity contribution >= 4 is 16.9 Å². The van der Waals surface area contributed by atoms with Crippen LogP contribution in [0.15, 0.2) is 4.99 Å². The molecule has 4 nitrogen and oxygen atoms in total. The molecule has 1 saturated heterocycles. The van der Waals surface area contributed by atoms with Crippen LogP contribution in [-0.2, 0) is 4.74 Å². The van der Waals surface area contributed by atoms with Gasteiger partial charge in [0.2, 0.25) is 0 Å². The highest BCUT2D eigenvalue weighted by atomic mass is 32.2. The normalized spacial score (nSPS) is 28.2. The zero-order chi connectivity index (χ0) is 10.4. The fourth-order valence-electron chi connectivity index (χ4n) is 1.44. The van der Waals surface area contributed by atoms with E-state index < -0.39 is 0 Å². The number of nitrogens with one attached hydrogen (secondary N) is 1. The number of aliphatic imine (C=N–C) groups is 1. The largest absolute Gasteiger partial charge is 0.378 e. The van der Waals surface area contributed by atoms with Crippen molar-refractivity contribution in [2.24, 2.45) is 4.99 Å². The molecule has 2 unspecified atom stereocenters. The third kappa shape index (κ3) is 3.56. The van der Waals surface area contributed by atoms with E-state index in [1.54, 1.807) is 0 Å². The summed E-state index contributed by atoms with van der Waals surface area (Å²) in [5, 5.41) is 11.7. The number of thioether (sulfide) groups is 1. The van der Waals surface area contributed by atoms with Crippen molar-refractivity contribution in [3.63, 3.8) is 0 Å². The maximum absolute atomic E-state index is 8.47. The molecule has 0 aromatic heterocycles. The van der Waals surface area contributed by atoms with Crippen LogP contribution in [0.3, 0.4) is 0 Å². The number of hydrogen-bond acceptors (Lipinski definition) is 4. The summed E-state index contributed by atoms with van der Waals surface area (Å²) in [5.74, 6) is 0. The van der Waals surface area contributed by atoms with Crippen molar-refractivity contribution in [1.29, 1.82) is 5.26 Å². The van der Waals surface area contributed by atoms with Gasteiger partial charge in [0.1, 0.15) is 0 Å². The average molecular weight is 213 g/mol. The topological polar surface area (TPSA) is 57.4 Å². The van der Waals surface area contributed by atoms with E-state index in [4.69, 9.17) is 10.00 Å². The lowest BCUT2D eigenvalue weighted by Gasteiger charge is -2.24. The third-order valence-electron chi connectivity index (χ3n) is 2.11. The third-order valence-corrected chi connectivity index (χ3v) is 2.71. The van der Waals surface area contributed by atoms with Crippen molar-refractivity contribution in [3.05, 3.63) is 0 Å². The summed E-state index contributed by atoms with van der Waals surface area (Å²) in [6.45, 7) is 2.82. The minimum atomic E-state index is 0.280. The lowest BCUT2D eigenvalue weighted by atomic mass is 10.1. The number of hydrogen-bond donors (Lipinski definition) is 1. The van der Waals surface area contributed by atoms with Gasteiger partial charge >= 0.3 is 0 Å². The van der Waals surface area contributed by atoms with E-state index >= 15 is 0 Å². The van der Waals surface area contributed by atoms with E-state index in [2.05, 4.69) is 17.2 Å². The molecule has 1 aliphatic heterocycles. The minimum Gasteiger partial charge on any atom is -0.378 e. The Hall–Kier alpha value is -0.730. The highest BCUT2D eigenvalue weighted by molar-refractivity contribution is 8.13. The molecule has 14 heavy (non-hydrogen) atoms. The first-order chi connectivity index (χ1) is 6.76. The van der Waals surface area contributed by atoms with Gasteiger partial charge in [0.25, 0.3) is 0 Å². The number of amidine groups is 1. The smallest absolute Gasteiger partial charge is 0.183 e. The van der Waals surface area contributed by atoms with Crippen LogP contribution in [0, 0.1) is 11.5 Å². The molecule has 1 rings (SSSR count). The zero-order valence-corrected chi connectivity index (χ0v) is 9.30. The quantitative estimate of drug-likeness (QED) is 0.309. The van der Waals surface area contributed by atoms with Crippen molar-refractivity contribution in [1.82, 2.24) is 5.32 Å². The Morgan fingerprint density at radius 3 is 3.07 bits per heavy atom. The zero-order valence-electron chi connectivity index (χ0n) is 8.49. The summed E-state index contributed by atoms with van der Waals surface area (Å²) in [7, 11) is 0. The number of nitrogens with zero attached hydrogens (tertiary/aromatic N) is 2. The molecule has 0 bridgehead atoms. The Kier molecular flexibility index (Phi) is 4.77. The van der Waals surface area contributed by atoms with Crippen LogP contribution in [-0.4, -0.2) is 30.2 Å². The van der Waals surface area contributed by atoms with Gasteiger partial charge in [0.15, 0.2) is 11.4 Å². The molecule has 1 fully saturated rings. The molecule has 0 aromatic rings. The number of rotatable bonds is 1. The predicted molar refractivity (Wildman–Crippen MR) is 58.1 cm³/mol. The molecule has 1 heterocycles. The van der Waals surface area contributed by atoms with Crippen LogP contribution in [0.1, 0.15) is 19.8 Å². The van der Waals surface area contributed by atoms with Crippen LogP contribution in [0.25, 0.3) is 0 Å².